The third-order valence-corrected chi connectivity index (χ3v) is 4.92. The smallest absolute Gasteiger partial charge is 0.185 e. The lowest BCUT2D eigenvalue weighted by molar-refractivity contribution is 0.104. The lowest BCUT2D eigenvalue weighted by atomic mass is 10.1. The predicted molar refractivity (Wildman–Crippen MR) is 121 cm³/mol. The van der Waals surface area contributed by atoms with Crippen LogP contribution in [0.3, 0.4) is 0 Å². The van der Waals surface area contributed by atoms with E-state index in [4.69, 9.17) is 21.1 Å². The molecule has 0 N–H and O–H groups in total. The van der Waals surface area contributed by atoms with Crippen LogP contribution in [0, 0.1) is 0 Å². The number of carbonyl (C=O) groups excluding carboxylic acids is 1. The molecule has 3 aromatic carbocycles. The molecule has 0 saturated heterocycles. The van der Waals surface area contributed by atoms with Crippen LogP contribution in [-0.2, 0) is 6.61 Å². The molecular weight excluding hydrogens is 428 g/mol. The number of tetrazole rings is 1. The molecule has 0 radical (unpaired) electrons. The van der Waals surface area contributed by atoms with E-state index in [1.54, 1.807) is 31.4 Å². The number of methoxy groups -OCH3 is 1. The van der Waals surface area contributed by atoms with E-state index in [-0.39, 0.29) is 5.78 Å². The number of hydrogen-bond acceptors (Lipinski definition) is 6. The second-order valence-corrected chi connectivity index (χ2v) is 7.26. The molecular formula is C24H19ClN4O3. The van der Waals surface area contributed by atoms with Gasteiger partial charge in [-0.3, -0.25) is 4.79 Å². The van der Waals surface area contributed by atoms with E-state index in [0.717, 1.165) is 11.1 Å². The first kappa shape index (κ1) is 21.3. The van der Waals surface area contributed by atoms with Crippen molar-refractivity contribution in [2.24, 2.45) is 0 Å². The van der Waals surface area contributed by atoms with E-state index in [1.807, 2.05) is 48.5 Å². The molecule has 0 aliphatic carbocycles. The van der Waals surface area contributed by atoms with Gasteiger partial charge in [-0.15, -0.1) is 5.10 Å². The van der Waals surface area contributed by atoms with Crippen molar-refractivity contribution in [3.05, 3.63) is 101 Å². The van der Waals surface area contributed by atoms with Crippen LogP contribution in [0.5, 0.6) is 11.5 Å². The largest absolute Gasteiger partial charge is 0.493 e. The number of benzene rings is 3. The zero-order valence-electron chi connectivity index (χ0n) is 17.2. The quantitative estimate of drug-likeness (QED) is 0.286. The topological polar surface area (TPSA) is 79.1 Å². The van der Waals surface area contributed by atoms with E-state index in [0.29, 0.717) is 34.4 Å². The lowest BCUT2D eigenvalue weighted by Crippen LogP contribution is -2.00. The number of aromatic nitrogens is 4. The lowest BCUT2D eigenvalue weighted by Gasteiger charge is -2.11. The fourth-order valence-corrected chi connectivity index (χ4v) is 3.12. The van der Waals surface area contributed by atoms with Crippen molar-refractivity contribution in [2.45, 2.75) is 6.61 Å². The molecule has 4 rings (SSSR count). The molecule has 0 aliphatic rings. The fourth-order valence-electron chi connectivity index (χ4n) is 3.00. The van der Waals surface area contributed by atoms with Gasteiger partial charge < -0.3 is 9.47 Å². The minimum atomic E-state index is -0.137. The number of halogens is 1. The Hall–Kier alpha value is -3.97. The number of ether oxygens (including phenoxy) is 2. The molecule has 0 fully saturated rings. The average molecular weight is 447 g/mol. The molecule has 8 heteroatoms. The van der Waals surface area contributed by atoms with Gasteiger partial charge >= 0.3 is 0 Å². The van der Waals surface area contributed by atoms with Gasteiger partial charge in [-0.1, -0.05) is 48.0 Å². The number of carbonyl (C=O) groups is 1. The highest BCUT2D eigenvalue weighted by molar-refractivity contribution is 6.30. The summed E-state index contributed by atoms with van der Waals surface area (Å²) in [6.07, 6.45) is 4.72. The van der Waals surface area contributed by atoms with Gasteiger partial charge in [0.1, 0.15) is 12.9 Å². The Morgan fingerprint density at radius 1 is 1.06 bits per heavy atom. The second kappa shape index (κ2) is 9.89. The monoisotopic (exact) mass is 446 g/mol. The first-order chi connectivity index (χ1) is 15.6. The first-order valence-corrected chi connectivity index (χ1v) is 10.1. The summed E-state index contributed by atoms with van der Waals surface area (Å²) >= 11 is 5.92. The van der Waals surface area contributed by atoms with E-state index in [1.165, 1.54) is 17.1 Å². The summed E-state index contributed by atoms with van der Waals surface area (Å²) < 4.78 is 12.8. The van der Waals surface area contributed by atoms with Gasteiger partial charge in [-0.2, -0.15) is 0 Å². The van der Waals surface area contributed by atoms with Gasteiger partial charge in [-0.05, 0) is 64.0 Å². The Kier molecular flexibility index (Phi) is 6.57. The van der Waals surface area contributed by atoms with Crippen molar-refractivity contribution in [1.29, 1.82) is 0 Å². The molecule has 0 bridgehead atoms. The van der Waals surface area contributed by atoms with Crippen LogP contribution in [0.15, 0.2) is 79.1 Å². The molecule has 0 amide bonds. The highest BCUT2D eigenvalue weighted by Gasteiger charge is 2.08. The van der Waals surface area contributed by atoms with Gasteiger partial charge in [0.2, 0.25) is 0 Å². The minimum Gasteiger partial charge on any atom is -0.493 e. The van der Waals surface area contributed by atoms with Gasteiger partial charge in [0.15, 0.2) is 17.3 Å². The number of hydrogen-bond donors (Lipinski definition) is 0. The molecule has 32 heavy (non-hydrogen) atoms. The van der Waals surface area contributed by atoms with Crippen LogP contribution in [0.25, 0.3) is 11.8 Å². The van der Waals surface area contributed by atoms with Gasteiger partial charge in [0.05, 0.1) is 12.8 Å². The Balaban J connectivity index is 1.45. The van der Waals surface area contributed by atoms with Gasteiger partial charge in [-0.25, -0.2) is 4.68 Å². The molecule has 1 heterocycles. The number of nitrogens with zero attached hydrogens (tertiary/aromatic N) is 4. The molecule has 7 nitrogen and oxygen atoms in total. The van der Waals surface area contributed by atoms with Crippen LogP contribution in [-0.4, -0.2) is 33.1 Å². The maximum absolute atomic E-state index is 12.6. The van der Waals surface area contributed by atoms with Crippen molar-refractivity contribution < 1.29 is 14.3 Å². The molecule has 0 unspecified atom stereocenters. The summed E-state index contributed by atoms with van der Waals surface area (Å²) in [7, 11) is 1.58. The summed E-state index contributed by atoms with van der Waals surface area (Å²) in [5.74, 6) is 1.05. The van der Waals surface area contributed by atoms with Gasteiger partial charge in [0, 0.05) is 10.6 Å². The molecule has 160 valence electrons. The van der Waals surface area contributed by atoms with E-state index >= 15 is 0 Å². The minimum absolute atomic E-state index is 0.137. The standard InChI is InChI=1S/C24H19ClN4O3/c1-31-24-13-17(8-12-23(24)32-15-18-5-9-20(25)10-6-18)7-11-22(30)19-3-2-4-21(14-19)29-16-26-27-28-29/h2-14,16H,15H2,1H3/b11-7+. The molecule has 0 spiro atoms. The highest BCUT2D eigenvalue weighted by Crippen LogP contribution is 2.29. The van der Waals surface area contributed by atoms with Crippen molar-refractivity contribution in [3.63, 3.8) is 0 Å². The van der Waals surface area contributed by atoms with Crippen molar-refractivity contribution in [2.75, 3.05) is 7.11 Å². The summed E-state index contributed by atoms with van der Waals surface area (Å²) in [6.45, 7) is 0.388. The Morgan fingerprint density at radius 3 is 2.66 bits per heavy atom. The van der Waals surface area contributed by atoms with Crippen LogP contribution in [0.4, 0.5) is 0 Å². The summed E-state index contributed by atoms with van der Waals surface area (Å²) in [5, 5.41) is 11.7. The Bertz CT molecular complexity index is 1240. The summed E-state index contributed by atoms with van der Waals surface area (Å²) in [6, 6.07) is 20.0. The molecule has 0 aliphatic heterocycles. The average Bonchev–Trinajstić information content (AvgIpc) is 3.37. The van der Waals surface area contributed by atoms with Crippen LogP contribution in [0.1, 0.15) is 21.5 Å². The predicted octanol–water partition coefficient (Wildman–Crippen LogP) is 4.80. The van der Waals surface area contributed by atoms with E-state index < -0.39 is 0 Å². The van der Waals surface area contributed by atoms with E-state index in [2.05, 4.69) is 15.5 Å². The number of ketones is 1. The second-order valence-electron chi connectivity index (χ2n) is 6.83. The molecule has 4 aromatic rings. The SMILES string of the molecule is COc1cc(/C=C/C(=O)c2cccc(-n3cnnn3)c2)ccc1OCc1ccc(Cl)cc1. The van der Waals surface area contributed by atoms with Crippen LogP contribution >= 0.6 is 11.6 Å². The Morgan fingerprint density at radius 2 is 1.91 bits per heavy atom. The summed E-state index contributed by atoms with van der Waals surface area (Å²) in [4.78, 5) is 12.6. The third kappa shape index (κ3) is 5.19. The normalized spacial score (nSPS) is 10.9. The first-order valence-electron chi connectivity index (χ1n) is 9.73. The van der Waals surface area contributed by atoms with Crippen LogP contribution in [0.2, 0.25) is 5.02 Å². The zero-order chi connectivity index (χ0) is 22.3. The number of rotatable bonds is 8. The highest BCUT2D eigenvalue weighted by atomic mass is 35.5. The maximum Gasteiger partial charge on any atom is 0.185 e. The fraction of sp³-hybridized carbons (Fsp3) is 0.0833. The van der Waals surface area contributed by atoms with Gasteiger partial charge in [0.25, 0.3) is 0 Å². The van der Waals surface area contributed by atoms with E-state index in [9.17, 15) is 4.79 Å². The zero-order valence-corrected chi connectivity index (χ0v) is 17.9. The van der Waals surface area contributed by atoms with Crippen molar-refractivity contribution in [3.8, 4) is 17.2 Å². The van der Waals surface area contributed by atoms with Crippen LogP contribution < -0.4 is 9.47 Å². The van der Waals surface area contributed by atoms with Crippen molar-refractivity contribution in [1.82, 2.24) is 20.2 Å². The summed E-state index contributed by atoms with van der Waals surface area (Å²) in [5.41, 5.74) is 3.04. The van der Waals surface area contributed by atoms with Crippen molar-refractivity contribution >= 4 is 23.5 Å². The Labute approximate surface area is 189 Å². The number of allylic oxidation sites excluding steroid dienone is 1. The molecule has 0 atom stereocenters. The third-order valence-electron chi connectivity index (χ3n) is 4.67. The molecule has 1 aromatic heterocycles. The molecule has 0 saturated carbocycles. The maximum atomic E-state index is 12.6.